The summed E-state index contributed by atoms with van der Waals surface area (Å²) in [7, 11) is 1.74. The van der Waals surface area contributed by atoms with Gasteiger partial charge in [0.15, 0.2) is 0 Å². The van der Waals surface area contributed by atoms with Gasteiger partial charge in [-0.1, -0.05) is 6.07 Å². The van der Waals surface area contributed by atoms with Crippen molar-refractivity contribution in [3.05, 3.63) is 30.1 Å². The number of piperidine rings is 1. The first-order valence-electron chi connectivity index (χ1n) is 8.50. The maximum absolute atomic E-state index is 12.6. The van der Waals surface area contributed by atoms with Crippen LogP contribution in [0.2, 0.25) is 0 Å². The second kappa shape index (κ2) is 7.41. The summed E-state index contributed by atoms with van der Waals surface area (Å²) in [5, 5.41) is 0. The van der Waals surface area contributed by atoms with Crippen molar-refractivity contribution < 1.29 is 14.3 Å². The quantitative estimate of drug-likeness (QED) is 0.834. The minimum absolute atomic E-state index is 0.124. The lowest BCUT2D eigenvalue weighted by Gasteiger charge is -2.40. The Kier molecular flexibility index (Phi) is 5.28. The number of likely N-dealkylation sites (tertiary alicyclic amines) is 1. The van der Waals surface area contributed by atoms with E-state index in [0.717, 1.165) is 57.6 Å². The molecule has 2 aliphatic rings. The predicted octanol–water partition coefficient (Wildman–Crippen LogP) is 2.06. The third-order valence-corrected chi connectivity index (χ3v) is 4.99. The van der Waals surface area contributed by atoms with E-state index in [1.54, 1.807) is 19.5 Å². The van der Waals surface area contributed by atoms with Gasteiger partial charge in [-0.3, -0.25) is 9.78 Å². The number of methoxy groups -OCH3 is 1. The molecule has 1 aromatic heterocycles. The van der Waals surface area contributed by atoms with Crippen molar-refractivity contribution in [3.63, 3.8) is 0 Å². The van der Waals surface area contributed by atoms with Crippen LogP contribution in [0.5, 0.6) is 0 Å². The highest BCUT2D eigenvalue weighted by Crippen LogP contribution is 2.38. The summed E-state index contributed by atoms with van der Waals surface area (Å²) in [6.45, 7) is 3.16. The van der Waals surface area contributed by atoms with Gasteiger partial charge in [-0.25, -0.2) is 0 Å². The number of pyridine rings is 1. The average Bonchev–Trinajstić information content (AvgIpc) is 2.96. The fourth-order valence-corrected chi connectivity index (χ4v) is 3.79. The highest BCUT2D eigenvalue weighted by atomic mass is 16.5. The van der Waals surface area contributed by atoms with E-state index in [4.69, 9.17) is 9.47 Å². The average molecular weight is 318 g/mol. The Balaban J connectivity index is 1.57. The molecule has 5 heteroatoms. The fourth-order valence-electron chi connectivity index (χ4n) is 3.79. The van der Waals surface area contributed by atoms with E-state index in [1.165, 1.54) is 0 Å². The van der Waals surface area contributed by atoms with Crippen molar-refractivity contribution in [2.24, 2.45) is 5.92 Å². The number of nitrogens with zero attached hydrogens (tertiary/aromatic N) is 2. The molecule has 0 N–H and O–H groups in total. The van der Waals surface area contributed by atoms with Crippen LogP contribution in [-0.2, 0) is 20.7 Å². The van der Waals surface area contributed by atoms with Gasteiger partial charge in [-0.2, -0.15) is 0 Å². The number of carbonyl (C=O) groups excluding carboxylic acids is 1. The van der Waals surface area contributed by atoms with Gasteiger partial charge < -0.3 is 14.4 Å². The van der Waals surface area contributed by atoms with Crippen LogP contribution < -0.4 is 0 Å². The molecule has 0 bridgehead atoms. The molecule has 2 fully saturated rings. The number of aromatic nitrogens is 1. The third kappa shape index (κ3) is 4.09. The SMILES string of the molecule is COCC[C@H]1CO[C@]2(CCCN(C(=O)Cc3cccnc3)C2)C1. The lowest BCUT2D eigenvalue weighted by atomic mass is 9.85. The molecule has 2 saturated heterocycles. The van der Waals surface area contributed by atoms with Crippen molar-refractivity contribution in [2.75, 3.05) is 33.4 Å². The highest BCUT2D eigenvalue weighted by molar-refractivity contribution is 5.78. The van der Waals surface area contributed by atoms with Crippen molar-refractivity contribution in [1.82, 2.24) is 9.88 Å². The summed E-state index contributed by atoms with van der Waals surface area (Å²) in [5.74, 6) is 0.740. The Morgan fingerprint density at radius 1 is 1.57 bits per heavy atom. The maximum atomic E-state index is 12.6. The van der Waals surface area contributed by atoms with Crippen LogP contribution in [0.15, 0.2) is 24.5 Å². The number of carbonyl (C=O) groups is 1. The maximum Gasteiger partial charge on any atom is 0.227 e. The van der Waals surface area contributed by atoms with Crippen molar-refractivity contribution in [1.29, 1.82) is 0 Å². The molecule has 23 heavy (non-hydrogen) atoms. The van der Waals surface area contributed by atoms with Gasteiger partial charge in [0.05, 0.1) is 18.6 Å². The highest BCUT2D eigenvalue weighted by Gasteiger charge is 2.44. The van der Waals surface area contributed by atoms with Crippen LogP contribution in [0.25, 0.3) is 0 Å². The Hall–Kier alpha value is -1.46. The fraction of sp³-hybridized carbons (Fsp3) is 0.667. The standard InChI is InChI=1S/C18H26N2O3/c1-22-9-5-16-11-18(23-13-16)6-3-8-20(14-18)17(21)10-15-4-2-7-19-12-15/h2,4,7,12,16H,3,5-6,8-11,13-14H2,1H3/t16-,18-/m1/s1. The summed E-state index contributed by atoms with van der Waals surface area (Å²) in [5.41, 5.74) is 0.851. The Labute approximate surface area is 138 Å². The number of ether oxygens (including phenoxy) is 2. The summed E-state index contributed by atoms with van der Waals surface area (Å²) in [4.78, 5) is 18.7. The summed E-state index contributed by atoms with van der Waals surface area (Å²) in [6.07, 6.45) is 8.11. The summed E-state index contributed by atoms with van der Waals surface area (Å²) in [6, 6.07) is 3.83. The van der Waals surface area contributed by atoms with Gasteiger partial charge in [-0.05, 0) is 43.2 Å². The second-order valence-electron chi connectivity index (χ2n) is 6.80. The van der Waals surface area contributed by atoms with Crippen LogP contribution in [0, 0.1) is 5.92 Å². The van der Waals surface area contributed by atoms with E-state index in [9.17, 15) is 4.79 Å². The molecule has 2 aliphatic heterocycles. The predicted molar refractivity (Wildman–Crippen MR) is 87.0 cm³/mol. The molecule has 3 heterocycles. The molecule has 0 aromatic carbocycles. The number of amides is 1. The van der Waals surface area contributed by atoms with Gasteiger partial charge in [0.1, 0.15) is 0 Å². The summed E-state index contributed by atoms with van der Waals surface area (Å²) < 4.78 is 11.3. The third-order valence-electron chi connectivity index (χ3n) is 4.99. The molecule has 0 aliphatic carbocycles. The second-order valence-corrected chi connectivity index (χ2v) is 6.80. The number of hydrogen-bond acceptors (Lipinski definition) is 4. The zero-order valence-corrected chi connectivity index (χ0v) is 13.9. The Morgan fingerprint density at radius 2 is 2.48 bits per heavy atom. The minimum atomic E-state index is -0.124. The Morgan fingerprint density at radius 3 is 3.26 bits per heavy atom. The minimum Gasteiger partial charge on any atom is -0.385 e. The van der Waals surface area contributed by atoms with Gasteiger partial charge in [0.2, 0.25) is 5.91 Å². The first kappa shape index (κ1) is 16.4. The van der Waals surface area contributed by atoms with E-state index < -0.39 is 0 Å². The molecule has 3 rings (SSSR count). The molecule has 1 amide bonds. The van der Waals surface area contributed by atoms with Crippen LogP contribution >= 0.6 is 0 Å². The van der Waals surface area contributed by atoms with Crippen LogP contribution in [0.1, 0.15) is 31.2 Å². The molecule has 2 atom stereocenters. The monoisotopic (exact) mass is 318 g/mol. The van der Waals surface area contributed by atoms with Gasteiger partial charge in [-0.15, -0.1) is 0 Å². The van der Waals surface area contributed by atoms with Crippen LogP contribution in [-0.4, -0.2) is 54.8 Å². The van der Waals surface area contributed by atoms with Crippen molar-refractivity contribution in [3.8, 4) is 0 Å². The lowest BCUT2D eigenvalue weighted by molar-refractivity contribution is -0.138. The van der Waals surface area contributed by atoms with Gasteiger partial charge in [0.25, 0.3) is 0 Å². The molecule has 126 valence electrons. The smallest absolute Gasteiger partial charge is 0.227 e. The van der Waals surface area contributed by atoms with Crippen LogP contribution in [0.4, 0.5) is 0 Å². The molecule has 0 unspecified atom stereocenters. The van der Waals surface area contributed by atoms with E-state index in [2.05, 4.69) is 4.98 Å². The lowest BCUT2D eigenvalue weighted by Crippen LogP contribution is -2.50. The molecule has 1 spiro atoms. The van der Waals surface area contributed by atoms with E-state index in [0.29, 0.717) is 12.3 Å². The molecule has 1 aromatic rings. The van der Waals surface area contributed by atoms with E-state index in [-0.39, 0.29) is 11.5 Å². The normalized spacial score (nSPS) is 27.5. The molecule has 5 nitrogen and oxygen atoms in total. The topological polar surface area (TPSA) is 51.7 Å². The zero-order chi connectivity index (χ0) is 16.1. The molecular weight excluding hydrogens is 292 g/mol. The van der Waals surface area contributed by atoms with Gasteiger partial charge in [0, 0.05) is 39.2 Å². The Bertz CT molecular complexity index is 522. The zero-order valence-electron chi connectivity index (χ0n) is 13.9. The molecular formula is C18H26N2O3. The first-order valence-corrected chi connectivity index (χ1v) is 8.50. The molecule has 0 saturated carbocycles. The van der Waals surface area contributed by atoms with Crippen molar-refractivity contribution in [2.45, 2.75) is 37.7 Å². The largest absolute Gasteiger partial charge is 0.385 e. The first-order chi connectivity index (χ1) is 11.2. The molecule has 0 radical (unpaired) electrons. The van der Waals surface area contributed by atoms with Crippen molar-refractivity contribution >= 4 is 5.91 Å². The summed E-state index contributed by atoms with van der Waals surface area (Å²) >= 11 is 0. The number of rotatable bonds is 5. The number of hydrogen-bond donors (Lipinski definition) is 0. The van der Waals surface area contributed by atoms with E-state index >= 15 is 0 Å². The van der Waals surface area contributed by atoms with Crippen LogP contribution in [0.3, 0.4) is 0 Å². The van der Waals surface area contributed by atoms with Gasteiger partial charge >= 0.3 is 0 Å². The van der Waals surface area contributed by atoms with E-state index in [1.807, 2.05) is 17.0 Å².